The Kier molecular flexibility index (Phi) is 4.86. The molecule has 0 unspecified atom stereocenters. The standard InChI is InChI=1S/C18H18N4O2/c1-24-15-5-2-13(3-6-15)4-7-18(23)20-17-12-16(21-22-17)14-8-10-19-11-9-14/h2-3,5-6,8-12H,4,7H2,1H3,(H2,20,21,22,23). The molecule has 24 heavy (non-hydrogen) atoms. The molecule has 1 aromatic carbocycles. The van der Waals surface area contributed by atoms with Gasteiger partial charge in [-0.1, -0.05) is 12.1 Å². The van der Waals surface area contributed by atoms with Gasteiger partial charge in [0.2, 0.25) is 5.91 Å². The monoisotopic (exact) mass is 322 g/mol. The maximum absolute atomic E-state index is 12.1. The van der Waals surface area contributed by atoms with E-state index in [4.69, 9.17) is 4.74 Å². The molecule has 0 saturated carbocycles. The Bertz CT molecular complexity index is 797. The molecule has 2 aromatic heterocycles. The lowest BCUT2D eigenvalue weighted by atomic mass is 10.1. The summed E-state index contributed by atoms with van der Waals surface area (Å²) >= 11 is 0. The molecular formula is C18H18N4O2. The first-order valence-electron chi connectivity index (χ1n) is 7.63. The number of carbonyl (C=O) groups excluding carboxylic acids is 1. The topological polar surface area (TPSA) is 79.9 Å². The largest absolute Gasteiger partial charge is 0.497 e. The molecule has 2 N–H and O–H groups in total. The van der Waals surface area contributed by atoms with E-state index in [0.29, 0.717) is 18.7 Å². The van der Waals surface area contributed by atoms with Crippen molar-refractivity contribution in [2.24, 2.45) is 0 Å². The first-order chi connectivity index (χ1) is 11.7. The number of pyridine rings is 1. The summed E-state index contributed by atoms with van der Waals surface area (Å²) in [5.74, 6) is 1.25. The Hall–Kier alpha value is -3.15. The number of methoxy groups -OCH3 is 1. The Morgan fingerprint density at radius 1 is 1.17 bits per heavy atom. The van der Waals surface area contributed by atoms with Gasteiger partial charge in [-0.2, -0.15) is 5.10 Å². The summed E-state index contributed by atoms with van der Waals surface area (Å²) in [5.41, 5.74) is 2.89. The number of H-pyrrole nitrogens is 1. The summed E-state index contributed by atoms with van der Waals surface area (Å²) in [7, 11) is 1.63. The van der Waals surface area contributed by atoms with Gasteiger partial charge in [0.1, 0.15) is 5.75 Å². The van der Waals surface area contributed by atoms with Crippen LogP contribution in [0.5, 0.6) is 5.75 Å². The zero-order valence-electron chi connectivity index (χ0n) is 13.3. The maximum atomic E-state index is 12.1. The minimum atomic E-state index is -0.0707. The average Bonchev–Trinajstić information content (AvgIpc) is 3.09. The van der Waals surface area contributed by atoms with E-state index < -0.39 is 0 Å². The fraction of sp³-hybridized carbons (Fsp3) is 0.167. The second-order valence-electron chi connectivity index (χ2n) is 5.30. The first kappa shape index (κ1) is 15.7. The van der Waals surface area contributed by atoms with Crippen LogP contribution in [-0.4, -0.2) is 28.2 Å². The van der Waals surface area contributed by atoms with Gasteiger partial charge in [-0.15, -0.1) is 0 Å². The number of carbonyl (C=O) groups is 1. The number of hydrogen-bond acceptors (Lipinski definition) is 4. The van der Waals surface area contributed by atoms with Crippen LogP contribution in [0, 0.1) is 0 Å². The van der Waals surface area contributed by atoms with Gasteiger partial charge in [0.15, 0.2) is 5.82 Å². The molecule has 0 aliphatic rings. The van der Waals surface area contributed by atoms with Crippen molar-refractivity contribution in [3.05, 3.63) is 60.4 Å². The van der Waals surface area contributed by atoms with Crippen molar-refractivity contribution in [2.45, 2.75) is 12.8 Å². The molecule has 0 atom stereocenters. The van der Waals surface area contributed by atoms with Crippen molar-refractivity contribution in [3.63, 3.8) is 0 Å². The lowest BCUT2D eigenvalue weighted by Gasteiger charge is -2.04. The zero-order chi connectivity index (χ0) is 16.8. The second-order valence-corrected chi connectivity index (χ2v) is 5.30. The maximum Gasteiger partial charge on any atom is 0.225 e. The number of aryl methyl sites for hydroxylation is 1. The van der Waals surface area contributed by atoms with Crippen LogP contribution in [0.25, 0.3) is 11.3 Å². The summed E-state index contributed by atoms with van der Waals surface area (Å²) in [4.78, 5) is 16.0. The summed E-state index contributed by atoms with van der Waals surface area (Å²) in [6.07, 6.45) is 4.48. The summed E-state index contributed by atoms with van der Waals surface area (Å²) in [5, 5.41) is 9.83. The Balaban J connectivity index is 1.54. The molecule has 0 saturated heterocycles. The van der Waals surface area contributed by atoms with Crippen LogP contribution in [0.3, 0.4) is 0 Å². The van der Waals surface area contributed by atoms with E-state index in [1.807, 2.05) is 36.4 Å². The molecule has 6 heteroatoms. The molecule has 3 aromatic rings. The van der Waals surface area contributed by atoms with E-state index >= 15 is 0 Å². The first-order valence-corrected chi connectivity index (χ1v) is 7.63. The molecule has 6 nitrogen and oxygen atoms in total. The Labute approximate surface area is 139 Å². The van der Waals surface area contributed by atoms with Crippen molar-refractivity contribution in [2.75, 3.05) is 12.4 Å². The number of rotatable bonds is 6. The van der Waals surface area contributed by atoms with E-state index in [2.05, 4.69) is 20.5 Å². The van der Waals surface area contributed by atoms with Gasteiger partial charge < -0.3 is 10.1 Å². The molecule has 2 heterocycles. The number of hydrogen-bond donors (Lipinski definition) is 2. The number of aromatic amines is 1. The fourth-order valence-electron chi connectivity index (χ4n) is 2.32. The molecule has 0 bridgehead atoms. The van der Waals surface area contributed by atoms with Crippen LogP contribution in [-0.2, 0) is 11.2 Å². The fourth-order valence-corrected chi connectivity index (χ4v) is 2.32. The van der Waals surface area contributed by atoms with Crippen molar-refractivity contribution < 1.29 is 9.53 Å². The van der Waals surface area contributed by atoms with Gasteiger partial charge in [0, 0.05) is 30.4 Å². The van der Waals surface area contributed by atoms with Gasteiger partial charge in [-0.3, -0.25) is 14.9 Å². The van der Waals surface area contributed by atoms with Gasteiger partial charge in [-0.25, -0.2) is 0 Å². The number of amides is 1. The lowest BCUT2D eigenvalue weighted by molar-refractivity contribution is -0.116. The summed E-state index contributed by atoms with van der Waals surface area (Å²) in [6.45, 7) is 0. The lowest BCUT2D eigenvalue weighted by Crippen LogP contribution is -2.12. The van der Waals surface area contributed by atoms with Crippen LogP contribution in [0.4, 0.5) is 5.82 Å². The Morgan fingerprint density at radius 2 is 1.92 bits per heavy atom. The van der Waals surface area contributed by atoms with Gasteiger partial charge >= 0.3 is 0 Å². The third-order valence-corrected chi connectivity index (χ3v) is 3.64. The predicted molar refractivity (Wildman–Crippen MR) is 91.8 cm³/mol. The molecule has 0 aliphatic carbocycles. The van der Waals surface area contributed by atoms with Crippen LogP contribution in [0.2, 0.25) is 0 Å². The molecule has 0 aliphatic heterocycles. The third kappa shape index (κ3) is 3.98. The quantitative estimate of drug-likeness (QED) is 0.731. The molecular weight excluding hydrogens is 304 g/mol. The second kappa shape index (κ2) is 7.41. The van der Waals surface area contributed by atoms with Crippen molar-refractivity contribution >= 4 is 11.7 Å². The SMILES string of the molecule is COc1ccc(CCC(=O)Nc2cc(-c3ccncc3)[nH]n2)cc1. The molecule has 0 fully saturated rings. The third-order valence-electron chi connectivity index (χ3n) is 3.64. The van der Waals surface area contributed by atoms with Crippen molar-refractivity contribution in [3.8, 4) is 17.0 Å². The molecule has 1 amide bonds. The van der Waals surface area contributed by atoms with E-state index in [1.54, 1.807) is 25.6 Å². The van der Waals surface area contributed by atoms with Gasteiger partial charge in [0.05, 0.1) is 12.8 Å². The van der Waals surface area contributed by atoms with Crippen molar-refractivity contribution in [1.82, 2.24) is 15.2 Å². The number of benzene rings is 1. The van der Waals surface area contributed by atoms with Crippen LogP contribution in [0.1, 0.15) is 12.0 Å². The minimum absolute atomic E-state index is 0.0707. The normalized spacial score (nSPS) is 10.4. The number of nitrogens with zero attached hydrogens (tertiary/aromatic N) is 2. The molecule has 122 valence electrons. The van der Waals surface area contributed by atoms with Gasteiger partial charge in [-0.05, 0) is 36.2 Å². The number of ether oxygens (including phenoxy) is 1. The highest BCUT2D eigenvalue weighted by atomic mass is 16.5. The zero-order valence-corrected chi connectivity index (χ0v) is 13.3. The van der Waals surface area contributed by atoms with E-state index in [0.717, 1.165) is 22.6 Å². The van der Waals surface area contributed by atoms with E-state index in [1.165, 1.54) is 0 Å². The molecule has 0 spiro atoms. The number of aromatic nitrogens is 3. The minimum Gasteiger partial charge on any atom is -0.497 e. The van der Waals surface area contributed by atoms with E-state index in [-0.39, 0.29) is 5.91 Å². The van der Waals surface area contributed by atoms with Gasteiger partial charge in [0.25, 0.3) is 0 Å². The highest BCUT2D eigenvalue weighted by Crippen LogP contribution is 2.19. The average molecular weight is 322 g/mol. The predicted octanol–water partition coefficient (Wildman–Crippen LogP) is 3.05. The summed E-state index contributed by atoms with van der Waals surface area (Å²) < 4.78 is 5.12. The van der Waals surface area contributed by atoms with Crippen LogP contribution >= 0.6 is 0 Å². The number of anilines is 1. The highest BCUT2D eigenvalue weighted by Gasteiger charge is 2.08. The van der Waals surface area contributed by atoms with Crippen LogP contribution in [0.15, 0.2) is 54.9 Å². The van der Waals surface area contributed by atoms with E-state index in [9.17, 15) is 4.79 Å². The number of nitrogens with one attached hydrogen (secondary N) is 2. The smallest absolute Gasteiger partial charge is 0.225 e. The van der Waals surface area contributed by atoms with Crippen molar-refractivity contribution in [1.29, 1.82) is 0 Å². The highest BCUT2D eigenvalue weighted by molar-refractivity contribution is 5.90. The molecule has 3 rings (SSSR count). The molecule has 0 radical (unpaired) electrons. The van der Waals surface area contributed by atoms with Crippen LogP contribution < -0.4 is 10.1 Å². The Morgan fingerprint density at radius 3 is 2.62 bits per heavy atom. The summed E-state index contributed by atoms with van der Waals surface area (Å²) in [6, 6.07) is 13.3.